The van der Waals surface area contributed by atoms with Gasteiger partial charge in [-0.25, -0.2) is 11.0 Å². The van der Waals surface area contributed by atoms with Gasteiger partial charge in [0.2, 0.25) is 5.91 Å². The van der Waals surface area contributed by atoms with Crippen molar-refractivity contribution in [2.24, 2.45) is 0 Å². The number of aliphatic hydroxyl groups excluding tert-OH is 3. The van der Waals surface area contributed by atoms with Crippen LogP contribution >= 0.6 is 0 Å². The van der Waals surface area contributed by atoms with E-state index >= 15 is 0 Å². The molecule has 0 aliphatic heterocycles. The Morgan fingerprint density at radius 3 is 2.05 bits per heavy atom. The third-order valence-corrected chi connectivity index (χ3v) is 5.85. The number of rotatable bonds is 18. The van der Waals surface area contributed by atoms with Crippen LogP contribution in [0.2, 0.25) is 0 Å². The first-order chi connectivity index (χ1) is 19.7. The number of aryl methyl sites for hydroxylation is 1. The molecule has 2 aromatic rings. The molecule has 226 valence electrons. The van der Waals surface area contributed by atoms with Crippen molar-refractivity contribution in [3.63, 3.8) is 0 Å². The predicted molar refractivity (Wildman–Crippen MR) is 150 cm³/mol. The van der Waals surface area contributed by atoms with E-state index in [0.717, 1.165) is 12.8 Å². The van der Waals surface area contributed by atoms with Gasteiger partial charge in [0.15, 0.2) is 0 Å². The number of hydroxylamine groups is 2. The van der Waals surface area contributed by atoms with Crippen molar-refractivity contribution >= 4 is 17.7 Å². The second kappa shape index (κ2) is 18.0. The van der Waals surface area contributed by atoms with Crippen molar-refractivity contribution in [2.75, 3.05) is 32.9 Å². The smallest absolute Gasteiger partial charge is 0.274 e. The Kier molecular flexibility index (Phi) is 14.8. The van der Waals surface area contributed by atoms with Gasteiger partial charge in [-0.15, -0.1) is 0 Å². The minimum Gasteiger partial charge on any atom is -0.493 e. The zero-order valence-corrected chi connectivity index (χ0v) is 23.7. The summed E-state index contributed by atoms with van der Waals surface area (Å²) in [5, 5.41) is 30.3. The number of amides is 3. The summed E-state index contributed by atoms with van der Waals surface area (Å²) in [4.78, 5) is 49.1. The molecule has 0 saturated carbocycles. The van der Waals surface area contributed by atoms with E-state index in [0.29, 0.717) is 30.0 Å². The van der Waals surface area contributed by atoms with Gasteiger partial charge in [0.1, 0.15) is 37.3 Å². The second-order valence-corrected chi connectivity index (χ2v) is 9.50. The predicted octanol–water partition coefficient (Wildman–Crippen LogP) is 1.52. The number of para-hydroxylation sites is 1. The number of carbonyl (C=O) groups excluding carboxylic acids is 3. The molecule has 12 heteroatoms. The number of nitrogens with zero attached hydrogens (tertiary/aromatic N) is 1. The second-order valence-electron chi connectivity index (χ2n) is 9.50. The molecule has 2 rings (SSSR count). The van der Waals surface area contributed by atoms with E-state index in [1.54, 1.807) is 48.2 Å². The fourth-order valence-electron chi connectivity index (χ4n) is 3.82. The summed E-state index contributed by atoms with van der Waals surface area (Å²) < 4.78 is 5.41. The van der Waals surface area contributed by atoms with Gasteiger partial charge in [-0.1, -0.05) is 32.0 Å². The average molecular weight is 576 g/mol. The van der Waals surface area contributed by atoms with Gasteiger partial charge in [-0.2, -0.15) is 0 Å². The van der Waals surface area contributed by atoms with E-state index in [2.05, 4.69) is 11.0 Å². The molecule has 0 spiro atoms. The largest absolute Gasteiger partial charge is 0.493 e. The lowest BCUT2D eigenvalue weighted by Crippen LogP contribution is -2.44. The highest BCUT2D eigenvalue weighted by Gasteiger charge is 2.26. The van der Waals surface area contributed by atoms with Crippen molar-refractivity contribution in [1.29, 1.82) is 0 Å². The molecule has 0 aliphatic rings. The lowest BCUT2D eigenvalue weighted by molar-refractivity contribution is -0.145. The number of benzene rings is 2. The monoisotopic (exact) mass is 575 g/mol. The van der Waals surface area contributed by atoms with Crippen molar-refractivity contribution in [3.05, 3.63) is 65.2 Å². The molecule has 0 heterocycles. The fourth-order valence-corrected chi connectivity index (χ4v) is 3.82. The van der Waals surface area contributed by atoms with Crippen LogP contribution in [-0.2, 0) is 14.5 Å². The Balaban J connectivity index is 1.74. The molecule has 0 radical (unpaired) electrons. The number of hydrogen-bond donors (Lipinski definition) is 5. The van der Waals surface area contributed by atoms with Gasteiger partial charge in [-0.3, -0.25) is 24.1 Å². The van der Waals surface area contributed by atoms with Crippen LogP contribution in [0.3, 0.4) is 0 Å². The maximum absolute atomic E-state index is 12.9. The summed E-state index contributed by atoms with van der Waals surface area (Å²) in [7, 11) is 0. The summed E-state index contributed by atoms with van der Waals surface area (Å²) in [6.45, 7) is 6.02. The molecule has 3 amide bonds. The zero-order valence-electron chi connectivity index (χ0n) is 23.7. The lowest BCUT2D eigenvalue weighted by Gasteiger charge is -2.23. The maximum atomic E-state index is 12.9. The molecule has 41 heavy (non-hydrogen) atoms. The first-order valence-electron chi connectivity index (χ1n) is 13.6. The molecule has 2 aromatic carbocycles. The quantitative estimate of drug-likeness (QED) is 0.166. The van der Waals surface area contributed by atoms with E-state index in [4.69, 9.17) is 14.4 Å². The van der Waals surface area contributed by atoms with Crippen LogP contribution in [0, 0.1) is 6.92 Å². The number of carbonyl (C=O) groups is 3. The van der Waals surface area contributed by atoms with Gasteiger partial charge >= 0.3 is 0 Å². The summed E-state index contributed by atoms with van der Waals surface area (Å²) in [5.41, 5.74) is 5.57. The van der Waals surface area contributed by atoms with Crippen LogP contribution in [0.25, 0.3) is 0 Å². The summed E-state index contributed by atoms with van der Waals surface area (Å²) >= 11 is 0. The standard InChI is InChI=1S/C29H41N3O9/c1-4-12-32(13-5-2)29(38)22-16-20(3)15-21(17-22)28(37)31-41-19-25(34)27(36)24(33)18-40-30-26(35)11-14-39-23-9-7-6-8-10-23/h6-10,15-17,24-25,27,33-34,36H,4-5,11-14,18-19H2,1-3H3,(H,30,35)(H,31,37)/t24?,25-,27+/m0/s1. The molecule has 1 unspecified atom stereocenters. The minimum absolute atomic E-state index is 0.00393. The van der Waals surface area contributed by atoms with Gasteiger partial charge in [0.25, 0.3) is 11.8 Å². The Morgan fingerprint density at radius 2 is 1.44 bits per heavy atom. The average Bonchev–Trinajstić information content (AvgIpc) is 2.96. The topological polar surface area (TPSA) is 167 Å². The highest BCUT2D eigenvalue weighted by molar-refractivity contribution is 5.99. The molecule has 0 saturated heterocycles. The Morgan fingerprint density at radius 1 is 0.854 bits per heavy atom. The number of ether oxygens (including phenoxy) is 1. The first kappa shape index (κ1) is 33.7. The van der Waals surface area contributed by atoms with Crippen LogP contribution < -0.4 is 15.7 Å². The summed E-state index contributed by atoms with van der Waals surface area (Å²) in [6.07, 6.45) is -3.23. The molecule has 0 aliphatic carbocycles. The van der Waals surface area contributed by atoms with Gasteiger partial charge in [0, 0.05) is 24.2 Å². The van der Waals surface area contributed by atoms with E-state index in [-0.39, 0.29) is 24.5 Å². The van der Waals surface area contributed by atoms with Crippen LogP contribution in [-0.4, -0.2) is 89.2 Å². The van der Waals surface area contributed by atoms with Crippen LogP contribution in [0.1, 0.15) is 59.4 Å². The number of hydrogen-bond acceptors (Lipinski definition) is 9. The van der Waals surface area contributed by atoms with Crippen LogP contribution in [0.15, 0.2) is 48.5 Å². The molecule has 5 N–H and O–H groups in total. The molecule has 0 aromatic heterocycles. The molecular weight excluding hydrogens is 534 g/mol. The SMILES string of the molecule is CCCN(CCC)C(=O)c1cc(C)cc(C(=O)NOC[C@H](O)[C@H](O)C(O)CONC(=O)CCOc2ccccc2)c1. The minimum atomic E-state index is -1.70. The van der Waals surface area contributed by atoms with Gasteiger partial charge in [0.05, 0.1) is 13.0 Å². The third kappa shape index (κ3) is 11.8. The lowest BCUT2D eigenvalue weighted by atomic mass is 10.0. The van der Waals surface area contributed by atoms with E-state index in [1.807, 2.05) is 19.9 Å². The summed E-state index contributed by atoms with van der Waals surface area (Å²) in [5.74, 6) is -0.700. The van der Waals surface area contributed by atoms with Crippen LogP contribution in [0.4, 0.5) is 0 Å². The molecular formula is C29H41N3O9. The van der Waals surface area contributed by atoms with Crippen molar-refractivity contribution in [2.45, 2.75) is 58.3 Å². The highest BCUT2D eigenvalue weighted by Crippen LogP contribution is 2.14. The van der Waals surface area contributed by atoms with E-state index in [1.165, 1.54) is 6.07 Å². The number of aliphatic hydroxyl groups is 3. The fraction of sp³-hybridized carbons (Fsp3) is 0.483. The van der Waals surface area contributed by atoms with E-state index in [9.17, 15) is 29.7 Å². The normalized spacial score (nSPS) is 13.1. The van der Waals surface area contributed by atoms with Crippen molar-refractivity contribution in [1.82, 2.24) is 15.9 Å². The number of nitrogens with one attached hydrogen (secondary N) is 2. The molecule has 12 nitrogen and oxygen atoms in total. The Bertz CT molecular complexity index is 1090. The Labute approximate surface area is 240 Å². The van der Waals surface area contributed by atoms with Gasteiger partial charge < -0.3 is 25.0 Å². The third-order valence-electron chi connectivity index (χ3n) is 5.85. The zero-order chi connectivity index (χ0) is 30.2. The van der Waals surface area contributed by atoms with Crippen molar-refractivity contribution < 1.29 is 44.1 Å². The Hall–Kier alpha value is -3.55. The molecule has 0 fully saturated rings. The van der Waals surface area contributed by atoms with Gasteiger partial charge in [-0.05, 0) is 55.7 Å². The first-order valence-corrected chi connectivity index (χ1v) is 13.6. The maximum Gasteiger partial charge on any atom is 0.274 e. The van der Waals surface area contributed by atoms with Crippen molar-refractivity contribution in [3.8, 4) is 5.75 Å². The van der Waals surface area contributed by atoms with E-state index < -0.39 is 43.3 Å². The summed E-state index contributed by atoms with van der Waals surface area (Å²) in [6, 6.07) is 13.7. The highest BCUT2D eigenvalue weighted by atomic mass is 16.7. The van der Waals surface area contributed by atoms with Crippen LogP contribution in [0.5, 0.6) is 5.75 Å². The molecule has 0 bridgehead atoms. The molecule has 3 atom stereocenters.